The molecule has 0 rings (SSSR count). The van der Waals surface area contributed by atoms with E-state index in [0.29, 0.717) is 0 Å². The van der Waals surface area contributed by atoms with E-state index in [-0.39, 0.29) is 0 Å². The van der Waals surface area contributed by atoms with Crippen molar-refractivity contribution in [2.24, 2.45) is 0 Å². The molecule has 0 nitrogen and oxygen atoms in total. The fourth-order valence-corrected chi connectivity index (χ4v) is 1.67. The Morgan fingerprint density at radius 2 is 0.889 bits per heavy atom. The van der Waals surface area contributed by atoms with E-state index in [1.54, 1.807) is 0 Å². The molecule has 0 fully saturated rings. The van der Waals surface area contributed by atoms with Gasteiger partial charge in [-0.2, -0.15) is 0 Å². The second-order valence-electron chi connectivity index (χ2n) is 1.23. The van der Waals surface area contributed by atoms with Crippen LogP contribution in [-0.2, 0) is 0 Å². The van der Waals surface area contributed by atoms with E-state index in [9.17, 15) is 0 Å². The molecule has 0 amide bonds. The summed E-state index contributed by atoms with van der Waals surface area (Å²) in [6.45, 7) is 0. The molecule has 0 spiro atoms. The van der Waals surface area contributed by atoms with E-state index in [0.717, 1.165) is 7.28 Å². The molecular weight excluding hydrogens is 248 g/mol. The lowest BCUT2D eigenvalue weighted by Crippen LogP contribution is -2.27. The van der Waals surface area contributed by atoms with Gasteiger partial charge in [-0.05, 0) is 0 Å². The molecule has 0 bridgehead atoms. The van der Waals surface area contributed by atoms with Crippen LogP contribution in [0.4, 0.5) is 0 Å². The van der Waals surface area contributed by atoms with E-state index >= 15 is 0 Å². The maximum atomic E-state index is 5.24. The first-order valence-corrected chi connectivity index (χ1v) is 3.98. The maximum absolute atomic E-state index is 5.24. The Morgan fingerprint density at radius 3 is 0.889 bits per heavy atom. The third kappa shape index (κ3) is 9.80. The molecule has 0 unspecified atom stereocenters. The molecular formula is C2BCl6. The van der Waals surface area contributed by atoms with E-state index in [1.807, 2.05) is 0 Å². The van der Waals surface area contributed by atoms with Crippen molar-refractivity contribution in [1.82, 2.24) is 0 Å². The lowest BCUT2D eigenvalue weighted by molar-refractivity contribution is 1.56. The summed E-state index contributed by atoms with van der Waals surface area (Å²) in [6, 6.07) is 0. The predicted octanol–water partition coefficient (Wildman–Crippen LogP) is 3.35. The van der Waals surface area contributed by atoms with Crippen molar-refractivity contribution < 1.29 is 0 Å². The minimum atomic E-state index is -1.62. The number of rotatable bonds is 0. The van der Waals surface area contributed by atoms with Gasteiger partial charge in [0.25, 0.3) is 0 Å². The van der Waals surface area contributed by atoms with Gasteiger partial charge in [-0.1, -0.05) is 69.6 Å². The molecule has 0 saturated heterocycles. The van der Waals surface area contributed by atoms with Gasteiger partial charge in [-0.3, -0.25) is 0 Å². The highest BCUT2D eigenvalue weighted by Crippen LogP contribution is 2.35. The van der Waals surface area contributed by atoms with Gasteiger partial charge in [-0.25, -0.2) is 0 Å². The number of halogens is 6. The lowest BCUT2D eigenvalue weighted by Gasteiger charge is -2.14. The molecule has 7 heteroatoms. The first kappa shape index (κ1) is 10.8. The van der Waals surface area contributed by atoms with Gasteiger partial charge in [0, 0.05) is 0 Å². The summed E-state index contributed by atoms with van der Waals surface area (Å²) in [6.07, 6.45) is 0. The quantitative estimate of drug-likeness (QED) is 0.455. The summed E-state index contributed by atoms with van der Waals surface area (Å²) in [5.74, 6) is 0. The van der Waals surface area contributed by atoms with Gasteiger partial charge in [0.1, 0.15) is 0 Å². The van der Waals surface area contributed by atoms with E-state index in [2.05, 4.69) is 0 Å². The van der Waals surface area contributed by atoms with Gasteiger partial charge in [0.05, 0.1) is 0 Å². The molecule has 53 valence electrons. The van der Waals surface area contributed by atoms with Crippen LogP contribution in [0.1, 0.15) is 0 Å². The number of alkyl halides is 6. The topological polar surface area (TPSA) is 0 Å². The monoisotopic (exact) mass is 245 g/mol. The van der Waals surface area contributed by atoms with Crippen molar-refractivity contribution in [2.45, 2.75) is 7.38 Å². The van der Waals surface area contributed by atoms with Gasteiger partial charge in [0.2, 0.25) is 7.28 Å². The number of hydrogen-bond donors (Lipinski definition) is 0. The van der Waals surface area contributed by atoms with Gasteiger partial charge in [0.15, 0.2) is 7.38 Å². The number of hydrogen-bond acceptors (Lipinski definition) is 0. The minimum absolute atomic E-state index is 0.968. The van der Waals surface area contributed by atoms with Crippen molar-refractivity contribution in [2.75, 3.05) is 0 Å². The van der Waals surface area contributed by atoms with E-state index in [1.165, 1.54) is 0 Å². The first-order valence-electron chi connectivity index (χ1n) is 1.71. The van der Waals surface area contributed by atoms with Crippen molar-refractivity contribution in [3.63, 3.8) is 0 Å². The summed E-state index contributed by atoms with van der Waals surface area (Å²) in [7, 11) is 0.968. The zero-order valence-electron chi connectivity index (χ0n) is 3.85. The van der Waals surface area contributed by atoms with Crippen LogP contribution in [0.25, 0.3) is 0 Å². The highest BCUT2D eigenvalue weighted by atomic mass is 35.6. The van der Waals surface area contributed by atoms with Crippen LogP contribution in [0.5, 0.6) is 0 Å². The molecule has 0 aliphatic rings. The zero-order valence-corrected chi connectivity index (χ0v) is 8.38. The SMILES string of the molecule is ClC(Cl)(Cl)[B]C(Cl)(Cl)Cl. The van der Waals surface area contributed by atoms with Gasteiger partial charge >= 0.3 is 0 Å². The fourth-order valence-electron chi connectivity index (χ4n) is 0.186. The molecule has 0 heterocycles. The van der Waals surface area contributed by atoms with Crippen LogP contribution >= 0.6 is 69.6 Å². The minimum Gasteiger partial charge on any atom is -0.0946 e. The van der Waals surface area contributed by atoms with Crippen LogP contribution in [0.2, 0.25) is 0 Å². The van der Waals surface area contributed by atoms with Crippen LogP contribution in [0.15, 0.2) is 0 Å². The molecule has 0 aromatic rings. The fraction of sp³-hybridized carbons (Fsp3) is 1.00. The largest absolute Gasteiger partial charge is 0.249 e. The molecule has 1 radical (unpaired) electrons. The third-order valence-electron chi connectivity index (χ3n) is 0.327. The smallest absolute Gasteiger partial charge is 0.0946 e. The van der Waals surface area contributed by atoms with Crippen molar-refractivity contribution >= 4 is 76.9 Å². The molecule has 0 atom stereocenters. The van der Waals surface area contributed by atoms with Gasteiger partial charge in [-0.15, -0.1) is 0 Å². The zero-order chi connectivity index (χ0) is 7.71. The standard InChI is InChI=1S/C2BCl6/c4-1(5,6)3-2(7,8)9. The Bertz CT molecular complexity index is 76.2. The Morgan fingerprint density at radius 1 is 0.667 bits per heavy atom. The van der Waals surface area contributed by atoms with Crippen molar-refractivity contribution in [1.29, 1.82) is 0 Å². The summed E-state index contributed by atoms with van der Waals surface area (Å²) in [4.78, 5) is 0. The molecule has 0 N–H and O–H groups in total. The van der Waals surface area contributed by atoms with Crippen molar-refractivity contribution in [3.8, 4) is 0 Å². The molecule has 9 heavy (non-hydrogen) atoms. The second-order valence-corrected chi connectivity index (χ2v) is 5.97. The molecule has 0 aromatic heterocycles. The highest BCUT2D eigenvalue weighted by molar-refractivity contribution is 7.00. The summed E-state index contributed by atoms with van der Waals surface area (Å²) >= 11 is 31.4. The Balaban J connectivity index is 3.75. The van der Waals surface area contributed by atoms with Crippen LogP contribution in [0.3, 0.4) is 0 Å². The molecule has 0 saturated carbocycles. The highest BCUT2D eigenvalue weighted by Gasteiger charge is 2.35. The molecule has 0 aliphatic heterocycles. The molecule has 0 aliphatic carbocycles. The Labute approximate surface area is 83.9 Å². The Kier molecular flexibility index (Phi) is 4.16. The average Bonchev–Trinajstić information content (AvgIpc) is 1.14. The van der Waals surface area contributed by atoms with E-state index < -0.39 is 7.38 Å². The maximum Gasteiger partial charge on any atom is 0.249 e. The Hall–Kier alpha value is 1.80. The average molecular weight is 248 g/mol. The summed E-state index contributed by atoms with van der Waals surface area (Å²) < 4.78 is -3.24. The third-order valence-corrected chi connectivity index (χ3v) is 0.982. The molecule has 0 aromatic carbocycles. The van der Waals surface area contributed by atoms with Gasteiger partial charge < -0.3 is 0 Å². The van der Waals surface area contributed by atoms with Crippen LogP contribution in [-0.4, -0.2) is 14.7 Å². The first-order chi connectivity index (χ1) is 3.71. The van der Waals surface area contributed by atoms with Crippen LogP contribution in [0, 0.1) is 0 Å². The second kappa shape index (κ2) is 3.47. The van der Waals surface area contributed by atoms with Crippen LogP contribution < -0.4 is 0 Å². The lowest BCUT2D eigenvalue weighted by atomic mass is 9.84. The van der Waals surface area contributed by atoms with E-state index in [4.69, 9.17) is 69.6 Å². The summed E-state index contributed by atoms with van der Waals surface area (Å²) in [5, 5.41) is 0. The van der Waals surface area contributed by atoms with Crippen molar-refractivity contribution in [3.05, 3.63) is 0 Å². The normalized spacial score (nSPS) is 13.6. The predicted molar refractivity (Wildman–Crippen MR) is 46.3 cm³/mol. The summed E-state index contributed by atoms with van der Waals surface area (Å²) in [5.41, 5.74) is 0.